The number of nitrogens with two attached hydrogens (primary N) is 1. The number of nitrogens with one attached hydrogen (secondary N) is 1. The summed E-state index contributed by atoms with van der Waals surface area (Å²) in [6.45, 7) is 14.9. The highest BCUT2D eigenvalue weighted by atomic mass is 32.2. The molecule has 1 unspecified atom stereocenters. The maximum atomic E-state index is 12.8. The van der Waals surface area contributed by atoms with Gasteiger partial charge in [0.25, 0.3) is 0 Å². The number of ether oxygens (including phenoxy) is 2. The molecule has 12 heteroatoms. The molecule has 218 valence electrons. The van der Waals surface area contributed by atoms with Crippen molar-refractivity contribution in [2.24, 2.45) is 10.7 Å². The summed E-state index contributed by atoms with van der Waals surface area (Å²) in [5, 5.41) is 15.3. The van der Waals surface area contributed by atoms with Crippen LogP contribution in [0.4, 0.5) is 5.69 Å². The highest BCUT2D eigenvalue weighted by molar-refractivity contribution is 7.85. The van der Waals surface area contributed by atoms with Crippen molar-refractivity contribution in [3.05, 3.63) is 40.5 Å². The number of thiophene rings is 1. The van der Waals surface area contributed by atoms with Gasteiger partial charge in [-0.05, 0) is 24.5 Å². The van der Waals surface area contributed by atoms with Gasteiger partial charge in [0, 0.05) is 18.5 Å². The number of methoxy groups -OCH3 is 1. The minimum atomic E-state index is -1.54. The van der Waals surface area contributed by atoms with E-state index >= 15 is 0 Å². The number of furan rings is 1. The monoisotopic (exact) mass is 582 g/mol. The van der Waals surface area contributed by atoms with Gasteiger partial charge in [-0.15, -0.1) is 24.2 Å². The number of aliphatic imine (C=N–C) groups is 1. The molecule has 2 rings (SSSR count). The number of carbonyl (C=O) groups is 1. The second-order valence-corrected chi connectivity index (χ2v) is 10.2. The fourth-order valence-electron chi connectivity index (χ4n) is 3.00. The first-order valence-electron chi connectivity index (χ1n) is 12.6. The third-order valence-electron chi connectivity index (χ3n) is 4.98. The first-order valence-corrected chi connectivity index (χ1v) is 14.6. The number of amidine groups is 1. The van der Waals surface area contributed by atoms with Crippen LogP contribution in [0.25, 0.3) is 0 Å². The van der Waals surface area contributed by atoms with Crippen LogP contribution in [-0.2, 0) is 31.8 Å². The molecule has 0 aliphatic carbocycles. The average molecular weight is 583 g/mol. The van der Waals surface area contributed by atoms with Crippen molar-refractivity contribution in [3.63, 3.8) is 0 Å². The quantitative estimate of drug-likeness (QED) is 0.0731. The zero-order chi connectivity index (χ0) is 30.1. The van der Waals surface area contributed by atoms with E-state index in [9.17, 15) is 14.1 Å². The van der Waals surface area contributed by atoms with Crippen LogP contribution < -0.4 is 11.1 Å². The highest BCUT2D eigenvalue weighted by Gasteiger charge is 2.25. The van der Waals surface area contributed by atoms with E-state index in [0.29, 0.717) is 24.8 Å². The summed E-state index contributed by atoms with van der Waals surface area (Å²) in [6, 6.07) is 1.89. The fraction of sp³-hybridized carbons (Fsp3) is 0.481. The zero-order valence-corrected chi connectivity index (χ0v) is 25.7. The molecule has 10 nitrogen and oxygen atoms in total. The lowest BCUT2D eigenvalue weighted by atomic mass is 10.1. The standard InChI is InChI=1S/C23H34N4O6S2.C2H6.C2H2/c1-7-27(8-2)35(30)23-19(28)17(13-34-23)26-18(20(31-6)22(29)32-9-3)21(24)25-11-16-10-15(12-33-16)14(4)5;2*1-2/h10,12-14,26,28H,7-9,11H2,1-6H3,(H2,24,25);1-2H3;1-2H/b20-18+;;. The summed E-state index contributed by atoms with van der Waals surface area (Å²) in [6.07, 6.45) is 9.67. The molecule has 0 aromatic carbocycles. The first-order chi connectivity index (χ1) is 18.7. The van der Waals surface area contributed by atoms with Crippen LogP contribution in [0.1, 0.15) is 65.7 Å². The third kappa shape index (κ3) is 10.1. The number of nitrogens with zero attached hydrogens (tertiary/aromatic N) is 2. The molecule has 1 atom stereocenters. The molecule has 39 heavy (non-hydrogen) atoms. The van der Waals surface area contributed by atoms with Crippen molar-refractivity contribution in [3.8, 4) is 18.6 Å². The second kappa shape index (κ2) is 18.9. The third-order valence-corrected chi connectivity index (χ3v) is 7.96. The molecule has 2 heterocycles. The molecule has 2 aromatic rings. The molecule has 0 saturated heterocycles. The number of carbonyl (C=O) groups excluding carboxylic acids is 1. The summed E-state index contributed by atoms with van der Waals surface area (Å²) >= 11 is 1.12. The van der Waals surface area contributed by atoms with E-state index in [1.807, 2.05) is 33.8 Å². The van der Waals surface area contributed by atoms with E-state index in [2.05, 4.69) is 37.0 Å². The number of anilines is 1. The predicted octanol–water partition coefficient (Wildman–Crippen LogP) is 5.20. The Hall–Kier alpha value is -3.27. The van der Waals surface area contributed by atoms with E-state index in [4.69, 9.17) is 19.6 Å². The molecule has 0 amide bonds. The predicted molar refractivity (Wildman–Crippen MR) is 159 cm³/mol. The zero-order valence-electron chi connectivity index (χ0n) is 24.1. The summed E-state index contributed by atoms with van der Waals surface area (Å²) in [4.78, 5) is 16.9. The molecular weight excluding hydrogens is 540 g/mol. The van der Waals surface area contributed by atoms with Crippen molar-refractivity contribution >= 4 is 39.8 Å². The number of terminal acetylenes is 1. The topological polar surface area (TPSA) is 140 Å². The summed E-state index contributed by atoms with van der Waals surface area (Å²) in [5.41, 5.74) is 7.50. The number of aromatic hydroxyl groups is 1. The van der Waals surface area contributed by atoms with E-state index in [1.165, 1.54) is 7.11 Å². The Morgan fingerprint density at radius 1 is 1.28 bits per heavy atom. The Morgan fingerprint density at radius 3 is 2.38 bits per heavy atom. The van der Waals surface area contributed by atoms with Crippen LogP contribution in [0.2, 0.25) is 0 Å². The summed E-state index contributed by atoms with van der Waals surface area (Å²) < 4.78 is 30.7. The minimum absolute atomic E-state index is 0.00913. The van der Waals surface area contributed by atoms with Gasteiger partial charge in [0.15, 0.2) is 9.96 Å². The van der Waals surface area contributed by atoms with Crippen LogP contribution in [0.15, 0.2) is 42.8 Å². The van der Waals surface area contributed by atoms with Gasteiger partial charge in [-0.1, -0.05) is 41.5 Å². The molecule has 0 bridgehead atoms. The largest absolute Gasteiger partial charge is 0.504 e. The van der Waals surface area contributed by atoms with Crippen molar-refractivity contribution in [1.82, 2.24) is 4.31 Å². The van der Waals surface area contributed by atoms with Crippen molar-refractivity contribution in [2.75, 3.05) is 32.1 Å². The maximum Gasteiger partial charge on any atom is 0.375 e. The van der Waals surface area contributed by atoms with Gasteiger partial charge in [-0.2, -0.15) is 0 Å². The first kappa shape index (κ1) is 35.7. The van der Waals surface area contributed by atoms with Gasteiger partial charge in [0.1, 0.15) is 28.3 Å². The Labute approximate surface area is 238 Å². The minimum Gasteiger partial charge on any atom is -0.504 e. The maximum absolute atomic E-state index is 12.8. The van der Waals surface area contributed by atoms with Gasteiger partial charge in [-0.25, -0.2) is 13.3 Å². The van der Waals surface area contributed by atoms with E-state index in [0.717, 1.165) is 16.9 Å². The van der Waals surface area contributed by atoms with Gasteiger partial charge >= 0.3 is 5.97 Å². The van der Waals surface area contributed by atoms with Crippen LogP contribution >= 0.6 is 11.3 Å². The SMILES string of the molecule is C#C.CC.CCOC(=O)/C(OC)=C(\Nc1csc(S(=O)N(CC)CC)c1O)C(N)=NCc1cc(C(C)C)co1. The van der Waals surface area contributed by atoms with E-state index in [-0.39, 0.29) is 46.1 Å². The van der Waals surface area contributed by atoms with Gasteiger partial charge in [-0.3, -0.25) is 4.99 Å². The van der Waals surface area contributed by atoms with E-state index < -0.39 is 17.0 Å². The van der Waals surface area contributed by atoms with Crippen molar-refractivity contribution in [2.45, 2.75) is 65.1 Å². The number of hydrogen-bond acceptors (Lipinski definition) is 9. The Bertz CT molecular complexity index is 1130. The van der Waals surface area contributed by atoms with Gasteiger partial charge in [0.2, 0.25) is 5.76 Å². The average Bonchev–Trinajstić information content (AvgIpc) is 3.57. The van der Waals surface area contributed by atoms with Crippen LogP contribution in [-0.4, -0.2) is 52.2 Å². The summed E-state index contributed by atoms with van der Waals surface area (Å²) in [5.74, 6) is -0.342. The lowest BCUT2D eigenvalue weighted by molar-refractivity contribution is -0.142. The molecule has 0 aliphatic heterocycles. The normalized spacial score (nSPS) is 12.5. The molecule has 0 spiro atoms. The van der Waals surface area contributed by atoms with Crippen LogP contribution in [0.5, 0.6) is 5.75 Å². The second-order valence-electron chi connectivity index (χ2n) is 7.61. The fourth-order valence-corrected chi connectivity index (χ4v) is 5.39. The van der Waals surface area contributed by atoms with Gasteiger partial charge in [0.05, 0.1) is 32.2 Å². The van der Waals surface area contributed by atoms with Crippen LogP contribution in [0.3, 0.4) is 0 Å². The molecule has 0 fully saturated rings. The van der Waals surface area contributed by atoms with Crippen molar-refractivity contribution < 1.29 is 28.0 Å². The molecule has 0 radical (unpaired) electrons. The molecule has 4 N–H and O–H groups in total. The van der Waals surface area contributed by atoms with E-state index in [1.54, 1.807) is 22.9 Å². The Kier molecular flexibility index (Phi) is 17.3. The smallest absolute Gasteiger partial charge is 0.375 e. The van der Waals surface area contributed by atoms with Crippen LogP contribution in [0, 0.1) is 12.8 Å². The number of hydrogen-bond donors (Lipinski definition) is 3. The summed E-state index contributed by atoms with van der Waals surface area (Å²) in [7, 11) is -0.240. The Morgan fingerprint density at radius 2 is 1.90 bits per heavy atom. The lowest BCUT2D eigenvalue weighted by Crippen LogP contribution is -2.26. The Balaban J connectivity index is 0.00000344. The lowest BCUT2D eigenvalue weighted by Gasteiger charge is -2.16. The molecule has 0 aliphatic rings. The van der Waals surface area contributed by atoms with Crippen molar-refractivity contribution in [1.29, 1.82) is 0 Å². The number of rotatable bonds is 13. The molecule has 0 saturated carbocycles. The van der Waals surface area contributed by atoms with Gasteiger partial charge < -0.3 is 30.0 Å². The molecular formula is C27H42N4O6S2. The molecule has 2 aromatic heterocycles. The highest BCUT2D eigenvalue weighted by Crippen LogP contribution is 2.38. The number of esters is 1.